The molecule has 0 saturated heterocycles. The molecule has 0 amide bonds. The predicted molar refractivity (Wildman–Crippen MR) is 457 cm³/mol. The lowest BCUT2D eigenvalue weighted by Crippen LogP contribution is -2.26. The van der Waals surface area contributed by atoms with Gasteiger partial charge in [-0.25, -0.2) is 0 Å². The summed E-state index contributed by atoms with van der Waals surface area (Å²) in [5.41, 5.74) is 15.0. The van der Waals surface area contributed by atoms with Crippen molar-refractivity contribution in [3.8, 4) is 74.7 Å². The van der Waals surface area contributed by atoms with Crippen LogP contribution in [0.1, 0.15) is 97.3 Å². The van der Waals surface area contributed by atoms with Crippen molar-refractivity contribution in [1.29, 1.82) is 0 Å². The van der Waals surface area contributed by atoms with E-state index < -0.39 is 14.3 Å². The Balaban J connectivity index is 0.543. The summed E-state index contributed by atoms with van der Waals surface area (Å²) < 4.78 is 82.0. The van der Waals surface area contributed by atoms with E-state index in [1.54, 1.807) is 18.2 Å². The van der Waals surface area contributed by atoms with Crippen LogP contribution < -0.4 is 69.7 Å². The second-order valence-electron chi connectivity index (χ2n) is 29.6. The van der Waals surface area contributed by atoms with Crippen LogP contribution in [0.25, 0.3) is 0 Å². The SMILES string of the molecule is Cc1ccc(OCc2ccc(Oc3ccc(COc4c(C)cc(Oc5c(C)cc(C(C)(C)c6cc(C)c(Oc7cc(C)c(OCc8ccc(Oc9ccc(COc%10ccc(O)c(P(=O)(c%11ccccc%11)c%11ccccc%11)c%10)cc9)cc8)c(C)c7)c(C)c6)cc5C)cc4C)cc3)cc2)c(P(=O)(c2ccccc2)c2ccccc2)c1. The Labute approximate surface area is 663 Å². The van der Waals surface area contributed by atoms with Crippen LogP contribution in [0, 0.1) is 62.3 Å². The van der Waals surface area contributed by atoms with Gasteiger partial charge in [0.25, 0.3) is 0 Å². The Hall–Kier alpha value is -12.3. The maximum Gasteiger partial charge on any atom is 0.174 e. The third-order valence-corrected chi connectivity index (χ3v) is 26.8. The van der Waals surface area contributed by atoms with E-state index in [-0.39, 0.29) is 24.4 Å². The van der Waals surface area contributed by atoms with E-state index in [1.165, 1.54) is 11.1 Å². The molecular weight excluding hydrogens is 1440 g/mol. The number of phenols is 1. The lowest BCUT2D eigenvalue weighted by Gasteiger charge is -2.29. The molecule has 0 aliphatic rings. The quantitative estimate of drug-likeness (QED) is 0.0471. The van der Waals surface area contributed by atoms with Crippen molar-refractivity contribution in [2.24, 2.45) is 0 Å². The van der Waals surface area contributed by atoms with Crippen LogP contribution in [-0.2, 0) is 41.0 Å². The van der Waals surface area contributed by atoms with Crippen molar-refractivity contribution < 1.29 is 52.1 Å². The van der Waals surface area contributed by atoms with Crippen LogP contribution in [0.2, 0.25) is 0 Å². The molecule has 0 unspecified atom stereocenters. The van der Waals surface area contributed by atoms with Gasteiger partial charge < -0.3 is 52.1 Å². The summed E-state index contributed by atoms with van der Waals surface area (Å²) in [6.07, 6.45) is 0. The Morgan fingerprint density at radius 2 is 0.575 bits per heavy atom. The number of aromatic hydroxyl groups is 1. The first-order valence-corrected chi connectivity index (χ1v) is 41.4. The first-order chi connectivity index (χ1) is 54.5. The molecule has 568 valence electrons. The van der Waals surface area contributed by atoms with E-state index >= 15 is 4.57 Å². The molecule has 1 N–H and O–H groups in total. The number of hydrogen-bond acceptors (Lipinski definition) is 11. The summed E-state index contributed by atoms with van der Waals surface area (Å²) in [6, 6.07) is 97.2. The first kappa shape index (κ1) is 77.5. The minimum absolute atomic E-state index is 0.0527. The van der Waals surface area contributed by atoms with Gasteiger partial charge in [-0.15, -0.1) is 0 Å². The van der Waals surface area contributed by atoms with Crippen molar-refractivity contribution >= 4 is 46.1 Å². The highest BCUT2D eigenvalue weighted by molar-refractivity contribution is 7.86. The molecule has 0 fully saturated rings. The molecule has 0 saturated carbocycles. The van der Waals surface area contributed by atoms with Gasteiger partial charge in [0.05, 0.1) is 10.6 Å². The molecule has 113 heavy (non-hydrogen) atoms. The Kier molecular flexibility index (Phi) is 23.1. The number of rotatable bonds is 28. The van der Waals surface area contributed by atoms with Gasteiger partial charge in [-0.1, -0.05) is 220 Å². The Morgan fingerprint density at radius 1 is 0.274 bits per heavy atom. The van der Waals surface area contributed by atoms with Gasteiger partial charge in [-0.3, -0.25) is 0 Å². The topological polar surface area (TPSA) is 128 Å². The largest absolute Gasteiger partial charge is 0.507 e. The molecule has 13 heteroatoms. The second-order valence-corrected chi connectivity index (χ2v) is 35.1. The zero-order valence-electron chi connectivity index (χ0n) is 65.6. The number of benzene rings is 14. The number of ether oxygens (including phenoxy) is 8. The third-order valence-electron chi connectivity index (χ3n) is 20.6. The minimum Gasteiger partial charge on any atom is -0.507 e. The second kappa shape index (κ2) is 33.8. The molecule has 0 aromatic heterocycles. The van der Waals surface area contributed by atoms with Crippen molar-refractivity contribution in [2.75, 3.05) is 0 Å². The fourth-order valence-electron chi connectivity index (χ4n) is 14.5. The van der Waals surface area contributed by atoms with Gasteiger partial charge in [-0.2, -0.15) is 0 Å². The van der Waals surface area contributed by atoms with Crippen molar-refractivity contribution in [1.82, 2.24) is 0 Å². The van der Waals surface area contributed by atoms with Gasteiger partial charge in [0.2, 0.25) is 0 Å². The molecule has 0 aliphatic carbocycles. The first-order valence-electron chi connectivity index (χ1n) is 38.0. The summed E-state index contributed by atoms with van der Waals surface area (Å²) in [5.74, 6) is 8.60. The van der Waals surface area contributed by atoms with Gasteiger partial charge >= 0.3 is 0 Å². The molecule has 14 aromatic carbocycles. The van der Waals surface area contributed by atoms with Crippen molar-refractivity contribution in [2.45, 2.75) is 108 Å². The highest BCUT2D eigenvalue weighted by atomic mass is 31.2. The molecule has 0 spiro atoms. The molecule has 14 aromatic rings. The molecule has 0 heterocycles. The van der Waals surface area contributed by atoms with Crippen molar-refractivity contribution in [3.63, 3.8) is 0 Å². The normalized spacial score (nSPS) is 11.6. The van der Waals surface area contributed by atoms with E-state index in [9.17, 15) is 9.67 Å². The van der Waals surface area contributed by atoms with Crippen LogP contribution in [0.15, 0.2) is 303 Å². The fourth-order valence-corrected chi connectivity index (χ4v) is 20.1. The molecule has 0 radical (unpaired) electrons. The smallest absolute Gasteiger partial charge is 0.174 e. The molecule has 0 bridgehead atoms. The van der Waals surface area contributed by atoms with Crippen LogP contribution in [0.4, 0.5) is 0 Å². The average molecular weight is 1530 g/mol. The van der Waals surface area contributed by atoms with Gasteiger partial charge in [0, 0.05) is 26.6 Å². The highest BCUT2D eigenvalue weighted by Gasteiger charge is 2.35. The Morgan fingerprint density at radius 3 is 0.920 bits per heavy atom. The van der Waals surface area contributed by atoms with Crippen LogP contribution >= 0.6 is 14.3 Å². The summed E-state index contributed by atoms with van der Waals surface area (Å²) in [7, 11) is -6.68. The molecule has 14 rings (SSSR count). The maximum atomic E-state index is 15.3. The molecule has 0 aliphatic heterocycles. The standard InChI is InChI=1S/C100H92O11P2/c1-66-32-51-93(95(52-66)113(103,90-28-20-14-21-29-90)91-30-22-15-23-31-91)105-63-76-35-43-82(44-36-76)109-84-47-39-78(40-48-84)65-107-97-73(8)59-87(60-74(97)9)111-99-69(4)55-80(56-70(99)5)100(10,11)79-53-67(2)98(68(3)54-79)110-86-57-71(6)96(72(7)58-86)106-64-77-37-45-83(46-38-77)108-81-41-33-75(34-42-81)62-104-85-49-50-92(101)94(61-85)112(102,88-24-16-12-17-25-88)89-26-18-13-19-27-89/h12-61,101H,62-65H2,1-11H3. The maximum absolute atomic E-state index is 15.3. The van der Waals surface area contributed by atoms with Crippen LogP contribution in [-0.4, -0.2) is 5.11 Å². The monoisotopic (exact) mass is 1530 g/mol. The van der Waals surface area contributed by atoms with Gasteiger partial charge in [0.1, 0.15) is 101 Å². The lowest BCUT2D eigenvalue weighted by molar-refractivity contribution is 0.301. The van der Waals surface area contributed by atoms with Crippen molar-refractivity contribution in [3.05, 3.63) is 387 Å². The van der Waals surface area contributed by atoms with Gasteiger partial charge in [0.15, 0.2) is 14.3 Å². The predicted octanol–water partition coefficient (Wildman–Crippen LogP) is 23.3. The molecule has 0 atom stereocenters. The van der Waals surface area contributed by atoms with Crippen LogP contribution in [0.5, 0.6) is 74.7 Å². The van der Waals surface area contributed by atoms with Crippen LogP contribution in [0.3, 0.4) is 0 Å². The highest BCUT2D eigenvalue weighted by Crippen LogP contribution is 2.49. The number of hydrogen-bond donors (Lipinski definition) is 1. The zero-order valence-corrected chi connectivity index (χ0v) is 67.4. The summed E-state index contributed by atoms with van der Waals surface area (Å²) >= 11 is 0. The van der Waals surface area contributed by atoms with E-state index in [2.05, 4.69) is 79.7 Å². The zero-order chi connectivity index (χ0) is 79.0. The molecule has 11 nitrogen and oxygen atoms in total. The number of phenolic OH excluding ortho intramolecular Hbond substituents is 1. The van der Waals surface area contributed by atoms with E-state index in [1.807, 2.05) is 282 Å². The average Bonchev–Trinajstić information content (AvgIpc) is 0.761. The van der Waals surface area contributed by atoms with E-state index in [0.29, 0.717) is 68.9 Å². The third kappa shape index (κ3) is 17.4. The van der Waals surface area contributed by atoms with E-state index in [0.717, 1.165) is 117 Å². The summed E-state index contributed by atoms with van der Waals surface area (Å²) in [4.78, 5) is 0. The van der Waals surface area contributed by atoms with Gasteiger partial charge in [-0.05, 0) is 243 Å². The summed E-state index contributed by atoms with van der Waals surface area (Å²) in [5, 5.41) is 14.9. The fraction of sp³-hybridized carbons (Fsp3) is 0.160. The molecular formula is C100H92O11P2. The Bertz CT molecular complexity index is 5630. The van der Waals surface area contributed by atoms with E-state index in [4.69, 9.17) is 37.9 Å². The summed E-state index contributed by atoms with van der Waals surface area (Å²) in [6.45, 7) is 24.5. The lowest BCUT2D eigenvalue weighted by atomic mass is 9.76. The number of aryl methyl sites for hydroxylation is 9. The minimum atomic E-state index is -3.42.